The minimum Gasteiger partial charge on any atom is -0.395 e. The van der Waals surface area contributed by atoms with Crippen molar-refractivity contribution in [2.45, 2.75) is 20.8 Å². The molecule has 0 aliphatic rings. The third-order valence-corrected chi connectivity index (χ3v) is 1.91. The van der Waals surface area contributed by atoms with Crippen LogP contribution in [0.25, 0.3) is 0 Å². The van der Waals surface area contributed by atoms with Crippen LogP contribution in [0.15, 0.2) is 18.3 Å². The van der Waals surface area contributed by atoms with Crippen molar-refractivity contribution in [1.29, 1.82) is 0 Å². The van der Waals surface area contributed by atoms with E-state index in [4.69, 9.17) is 5.11 Å². The highest BCUT2D eigenvalue weighted by Gasteiger charge is 2.11. The van der Waals surface area contributed by atoms with Gasteiger partial charge in [0.1, 0.15) is 5.69 Å². The van der Waals surface area contributed by atoms with Crippen LogP contribution in [0.4, 0.5) is 0 Å². The molecular formula is C12H20N2O2. The minimum atomic E-state index is -0.168. The lowest BCUT2D eigenvalue weighted by atomic mass is 10.2. The summed E-state index contributed by atoms with van der Waals surface area (Å²) in [5.41, 5.74) is 1.43. The van der Waals surface area contributed by atoms with Gasteiger partial charge in [0.2, 0.25) is 0 Å². The molecule has 0 radical (unpaired) electrons. The maximum absolute atomic E-state index is 11.6. The Balaban J connectivity index is 0.00000106. The van der Waals surface area contributed by atoms with E-state index in [1.807, 2.05) is 26.8 Å². The van der Waals surface area contributed by atoms with Gasteiger partial charge in [-0.15, -0.1) is 0 Å². The Morgan fingerprint density at radius 1 is 1.44 bits per heavy atom. The number of aliphatic hydroxyl groups excluding tert-OH is 1. The number of amides is 1. The maximum atomic E-state index is 11.6. The van der Waals surface area contributed by atoms with Crippen molar-refractivity contribution in [3.8, 4) is 0 Å². The molecule has 0 saturated carbocycles. The van der Waals surface area contributed by atoms with Gasteiger partial charge in [-0.05, 0) is 18.6 Å². The van der Waals surface area contributed by atoms with Crippen molar-refractivity contribution in [2.75, 3.05) is 20.2 Å². The summed E-state index contributed by atoms with van der Waals surface area (Å²) in [6.45, 7) is 6.21. The van der Waals surface area contributed by atoms with E-state index in [0.717, 1.165) is 5.56 Å². The van der Waals surface area contributed by atoms with E-state index >= 15 is 0 Å². The van der Waals surface area contributed by atoms with Crippen LogP contribution in [0.5, 0.6) is 0 Å². The summed E-state index contributed by atoms with van der Waals surface area (Å²) in [6, 6.07) is 3.53. The van der Waals surface area contributed by atoms with Gasteiger partial charge in [0.15, 0.2) is 0 Å². The standard InChI is InChI=1S/C10H14N2O2.C2H6/c1-8-3-4-9(11-7-8)10(14)12(2)5-6-13;1-2/h3-4,7,13H,5-6H2,1-2H3;1-2H3. The fraction of sp³-hybridized carbons (Fsp3) is 0.500. The number of carbonyl (C=O) groups excluding carboxylic acids is 1. The van der Waals surface area contributed by atoms with Crippen LogP contribution in [0, 0.1) is 6.92 Å². The van der Waals surface area contributed by atoms with E-state index in [1.54, 1.807) is 19.3 Å². The van der Waals surface area contributed by atoms with Crippen molar-refractivity contribution in [1.82, 2.24) is 9.88 Å². The molecule has 1 amide bonds. The van der Waals surface area contributed by atoms with Crippen LogP contribution in [0.2, 0.25) is 0 Å². The van der Waals surface area contributed by atoms with Crippen molar-refractivity contribution in [2.24, 2.45) is 0 Å². The number of aliphatic hydroxyl groups is 1. The van der Waals surface area contributed by atoms with Crippen LogP contribution in [0.1, 0.15) is 29.9 Å². The highest BCUT2D eigenvalue weighted by Crippen LogP contribution is 2.01. The number of hydrogen-bond acceptors (Lipinski definition) is 3. The first-order chi connectivity index (χ1) is 7.65. The molecule has 90 valence electrons. The lowest BCUT2D eigenvalue weighted by Crippen LogP contribution is -2.30. The van der Waals surface area contributed by atoms with Crippen molar-refractivity contribution in [3.63, 3.8) is 0 Å². The predicted molar refractivity (Wildman–Crippen MR) is 64.4 cm³/mol. The number of aryl methyl sites for hydroxylation is 1. The molecule has 0 saturated heterocycles. The first kappa shape index (κ1) is 14.6. The number of nitrogens with zero attached hydrogens (tertiary/aromatic N) is 2. The number of carbonyl (C=O) groups is 1. The summed E-state index contributed by atoms with van der Waals surface area (Å²) in [5.74, 6) is -0.168. The maximum Gasteiger partial charge on any atom is 0.272 e. The number of likely N-dealkylation sites (N-methyl/N-ethyl adjacent to an activating group) is 1. The zero-order chi connectivity index (χ0) is 12.6. The Kier molecular flexibility index (Phi) is 7.12. The topological polar surface area (TPSA) is 53.4 Å². The molecule has 0 aliphatic carbocycles. The Morgan fingerprint density at radius 2 is 2.06 bits per heavy atom. The van der Waals surface area contributed by atoms with Crippen LogP contribution < -0.4 is 0 Å². The number of hydrogen-bond donors (Lipinski definition) is 1. The smallest absolute Gasteiger partial charge is 0.272 e. The van der Waals surface area contributed by atoms with Gasteiger partial charge >= 0.3 is 0 Å². The zero-order valence-corrected chi connectivity index (χ0v) is 10.4. The molecule has 1 N–H and O–H groups in total. The molecule has 0 bridgehead atoms. The molecule has 4 nitrogen and oxygen atoms in total. The molecule has 0 aliphatic heterocycles. The van der Waals surface area contributed by atoms with E-state index in [9.17, 15) is 4.79 Å². The van der Waals surface area contributed by atoms with Crippen molar-refractivity contribution in [3.05, 3.63) is 29.6 Å². The van der Waals surface area contributed by atoms with E-state index in [2.05, 4.69) is 4.98 Å². The van der Waals surface area contributed by atoms with Gasteiger partial charge in [-0.1, -0.05) is 19.9 Å². The summed E-state index contributed by atoms with van der Waals surface area (Å²) >= 11 is 0. The summed E-state index contributed by atoms with van der Waals surface area (Å²) in [5, 5.41) is 8.66. The van der Waals surface area contributed by atoms with E-state index in [-0.39, 0.29) is 12.5 Å². The van der Waals surface area contributed by atoms with E-state index < -0.39 is 0 Å². The fourth-order valence-corrected chi connectivity index (χ4v) is 1.04. The molecule has 0 aromatic carbocycles. The lowest BCUT2D eigenvalue weighted by molar-refractivity contribution is 0.0761. The SMILES string of the molecule is CC.Cc1ccc(C(=O)N(C)CCO)nc1. The molecule has 0 unspecified atom stereocenters. The van der Waals surface area contributed by atoms with Gasteiger partial charge in [0.25, 0.3) is 5.91 Å². The molecule has 1 rings (SSSR count). The zero-order valence-electron chi connectivity index (χ0n) is 10.4. The summed E-state index contributed by atoms with van der Waals surface area (Å²) in [7, 11) is 1.64. The summed E-state index contributed by atoms with van der Waals surface area (Å²) in [4.78, 5) is 17.0. The number of pyridine rings is 1. The Hall–Kier alpha value is -1.42. The average Bonchev–Trinajstić information content (AvgIpc) is 2.32. The third kappa shape index (κ3) is 4.40. The molecule has 0 spiro atoms. The largest absolute Gasteiger partial charge is 0.395 e. The van der Waals surface area contributed by atoms with Gasteiger partial charge in [0, 0.05) is 19.8 Å². The molecule has 16 heavy (non-hydrogen) atoms. The van der Waals surface area contributed by atoms with Gasteiger partial charge < -0.3 is 10.0 Å². The summed E-state index contributed by atoms with van der Waals surface area (Å²) < 4.78 is 0. The first-order valence-electron chi connectivity index (χ1n) is 5.44. The number of aromatic nitrogens is 1. The monoisotopic (exact) mass is 224 g/mol. The first-order valence-corrected chi connectivity index (χ1v) is 5.44. The van der Waals surface area contributed by atoms with Crippen LogP contribution >= 0.6 is 0 Å². The molecular weight excluding hydrogens is 204 g/mol. The highest BCUT2D eigenvalue weighted by molar-refractivity contribution is 5.92. The second-order valence-corrected chi connectivity index (χ2v) is 3.17. The molecule has 1 aromatic heterocycles. The number of rotatable bonds is 3. The van der Waals surface area contributed by atoms with E-state index in [0.29, 0.717) is 12.2 Å². The minimum absolute atomic E-state index is 0.0336. The van der Waals surface area contributed by atoms with Crippen LogP contribution in [-0.4, -0.2) is 41.1 Å². The predicted octanol–water partition coefficient (Wildman–Crippen LogP) is 1.48. The molecule has 0 fully saturated rings. The lowest BCUT2D eigenvalue weighted by Gasteiger charge is -2.14. The second kappa shape index (κ2) is 7.82. The van der Waals surface area contributed by atoms with Gasteiger partial charge in [-0.2, -0.15) is 0 Å². The molecule has 1 aromatic rings. The van der Waals surface area contributed by atoms with Crippen LogP contribution in [-0.2, 0) is 0 Å². The second-order valence-electron chi connectivity index (χ2n) is 3.17. The normalized spacial score (nSPS) is 9.06. The quantitative estimate of drug-likeness (QED) is 0.846. The Morgan fingerprint density at radius 3 is 2.50 bits per heavy atom. The van der Waals surface area contributed by atoms with Gasteiger partial charge in [0.05, 0.1) is 6.61 Å². The fourth-order valence-electron chi connectivity index (χ4n) is 1.04. The van der Waals surface area contributed by atoms with Gasteiger partial charge in [-0.25, -0.2) is 0 Å². The van der Waals surface area contributed by atoms with E-state index in [1.165, 1.54) is 4.90 Å². The Labute approximate surface area is 96.9 Å². The molecule has 1 heterocycles. The molecule has 0 atom stereocenters. The van der Waals surface area contributed by atoms with Gasteiger partial charge in [-0.3, -0.25) is 9.78 Å². The van der Waals surface area contributed by atoms with Crippen LogP contribution in [0.3, 0.4) is 0 Å². The average molecular weight is 224 g/mol. The highest BCUT2D eigenvalue weighted by atomic mass is 16.3. The van der Waals surface area contributed by atoms with Crippen molar-refractivity contribution >= 4 is 5.91 Å². The third-order valence-electron chi connectivity index (χ3n) is 1.91. The Bertz CT molecular complexity index is 309. The summed E-state index contributed by atoms with van der Waals surface area (Å²) in [6.07, 6.45) is 1.65. The molecule has 4 heteroatoms. The van der Waals surface area contributed by atoms with Crippen molar-refractivity contribution < 1.29 is 9.90 Å².